The Balaban J connectivity index is 1.97. The normalized spacial score (nSPS) is 13.6. The molecule has 0 amide bonds. The number of aliphatic hydroxyl groups is 1. The summed E-state index contributed by atoms with van der Waals surface area (Å²) in [5.74, 6) is 0.311. The Kier molecular flexibility index (Phi) is 7.42. The maximum atomic E-state index is 12.2. The molecule has 0 bridgehead atoms. The van der Waals surface area contributed by atoms with Crippen LogP contribution in [0.25, 0.3) is 0 Å². The quantitative estimate of drug-likeness (QED) is 0.523. The smallest absolute Gasteiger partial charge is 0.194 e. The highest BCUT2D eigenvalue weighted by Crippen LogP contribution is 2.18. The van der Waals surface area contributed by atoms with Crippen LogP contribution in [0.3, 0.4) is 0 Å². The van der Waals surface area contributed by atoms with Gasteiger partial charge in [-0.25, -0.2) is 8.42 Å². The zero-order chi connectivity index (χ0) is 18.3. The first kappa shape index (κ1) is 19.9. The molecule has 0 aromatic carbocycles. The summed E-state index contributed by atoms with van der Waals surface area (Å²) in [6, 6.07) is 5.28. The second-order valence-electron chi connectivity index (χ2n) is 5.55. The van der Waals surface area contributed by atoms with Gasteiger partial charge in [0.2, 0.25) is 0 Å². The number of aliphatic imine (C=N–C) groups is 1. The van der Waals surface area contributed by atoms with Crippen LogP contribution in [0.4, 0.5) is 0 Å². The van der Waals surface area contributed by atoms with E-state index in [-0.39, 0.29) is 16.5 Å². The molecule has 0 spiro atoms. The van der Waals surface area contributed by atoms with E-state index >= 15 is 0 Å². The molecule has 9 heteroatoms. The predicted octanol–water partition coefficient (Wildman–Crippen LogP) is 2.04. The van der Waals surface area contributed by atoms with Gasteiger partial charge in [0.25, 0.3) is 0 Å². The highest BCUT2D eigenvalue weighted by molar-refractivity contribution is 7.93. The van der Waals surface area contributed by atoms with E-state index in [9.17, 15) is 13.5 Å². The summed E-state index contributed by atoms with van der Waals surface area (Å²) < 4.78 is 24.7. The molecule has 0 fully saturated rings. The molecule has 2 heterocycles. The van der Waals surface area contributed by atoms with Gasteiger partial charge in [0.05, 0.1) is 18.4 Å². The molecule has 0 saturated carbocycles. The van der Waals surface area contributed by atoms with Crippen LogP contribution in [0.2, 0.25) is 0 Å². The third-order valence-electron chi connectivity index (χ3n) is 3.36. The van der Waals surface area contributed by atoms with Crippen LogP contribution < -0.4 is 5.32 Å². The fourth-order valence-corrected chi connectivity index (χ4v) is 5.35. The summed E-state index contributed by atoms with van der Waals surface area (Å²) in [5.41, 5.74) is 1.18. The monoisotopic (exact) mass is 401 g/mol. The first-order valence-corrected chi connectivity index (χ1v) is 11.3. The van der Waals surface area contributed by atoms with Gasteiger partial charge < -0.3 is 15.3 Å². The van der Waals surface area contributed by atoms with Crippen molar-refractivity contribution in [3.63, 3.8) is 0 Å². The highest BCUT2D eigenvalue weighted by Gasteiger charge is 2.20. The molecule has 0 aliphatic carbocycles. The molecule has 0 aliphatic rings. The van der Waals surface area contributed by atoms with Crippen molar-refractivity contribution >= 4 is 38.5 Å². The second kappa shape index (κ2) is 9.33. The van der Waals surface area contributed by atoms with Crippen LogP contribution in [-0.2, 0) is 16.4 Å². The van der Waals surface area contributed by atoms with Crippen molar-refractivity contribution in [1.82, 2.24) is 10.2 Å². The molecule has 1 unspecified atom stereocenters. The number of rotatable bonds is 8. The molecule has 138 valence electrons. The lowest BCUT2D eigenvalue weighted by Gasteiger charge is -2.22. The Hall–Kier alpha value is -1.42. The molecular formula is C16H23N3O3S3. The van der Waals surface area contributed by atoms with Crippen molar-refractivity contribution in [3.8, 4) is 0 Å². The highest BCUT2D eigenvalue weighted by atomic mass is 32.2. The Bertz CT molecular complexity index is 756. The number of nitrogens with one attached hydrogen (secondary N) is 1. The zero-order valence-electron chi connectivity index (χ0n) is 14.3. The topological polar surface area (TPSA) is 82.0 Å². The van der Waals surface area contributed by atoms with E-state index in [1.807, 2.05) is 30.3 Å². The standard InChI is InChI=1S/C16H23N3O3S3/c1-3-17-16(19(2)10-13-6-8-23-11-13)18-9-14(20)12-25(21,22)15-5-4-7-24-15/h4-8,11,14,20H,3,9-10,12H2,1-2H3,(H,17,18). The molecule has 0 saturated heterocycles. The van der Waals surface area contributed by atoms with Gasteiger partial charge in [-0.05, 0) is 40.8 Å². The Morgan fingerprint density at radius 2 is 2.20 bits per heavy atom. The maximum absolute atomic E-state index is 12.2. The first-order valence-electron chi connectivity index (χ1n) is 7.87. The molecule has 2 rings (SSSR count). The SMILES string of the molecule is CCNC(=NCC(O)CS(=O)(=O)c1cccs1)N(C)Cc1ccsc1. The minimum Gasteiger partial charge on any atom is -0.390 e. The van der Waals surface area contributed by atoms with Gasteiger partial charge in [-0.3, -0.25) is 4.99 Å². The number of sulfone groups is 1. The lowest BCUT2D eigenvalue weighted by Crippen LogP contribution is -2.39. The summed E-state index contributed by atoms with van der Waals surface area (Å²) in [6.07, 6.45) is -1.05. The number of aliphatic hydroxyl groups excluding tert-OH is 1. The number of guanidine groups is 1. The minimum atomic E-state index is -3.47. The molecule has 1 atom stereocenters. The number of hydrogen-bond acceptors (Lipinski definition) is 6. The first-order chi connectivity index (χ1) is 11.9. The van der Waals surface area contributed by atoms with Crippen LogP contribution in [0.1, 0.15) is 12.5 Å². The van der Waals surface area contributed by atoms with Gasteiger partial charge in [0.1, 0.15) is 4.21 Å². The maximum Gasteiger partial charge on any atom is 0.194 e. The van der Waals surface area contributed by atoms with Crippen molar-refractivity contribution in [3.05, 3.63) is 39.9 Å². The van der Waals surface area contributed by atoms with Crippen molar-refractivity contribution in [2.45, 2.75) is 23.8 Å². The van der Waals surface area contributed by atoms with Crippen LogP contribution in [-0.4, -0.2) is 56.4 Å². The predicted molar refractivity (Wildman–Crippen MR) is 104 cm³/mol. The lowest BCUT2D eigenvalue weighted by molar-refractivity contribution is 0.205. The van der Waals surface area contributed by atoms with Crippen molar-refractivity contribution in [2.75, 3.05) is 25.9 Å². The van der Waals surface area contributed by atoms with Crippen LogP contribution in [0.5, 0.6) is 0 Å². The summed E-state index contributed by atoms with van der Waals surface area (Å²) >= 11 is 2.79. The van der Waals surface area contributed by atoms with Crippen molar-refractivity contribution < 1.29 is 13.5 Å². The van der Waals surface area contributed by atoms with E-state index in [1.165, 1.54) is 5.56 Å². The molecule has 2 aromatic rings. The van der Waals surface area contributed by atoms with E-state index in [2.05, 4.69) is 15.7 Å². The van der Waals surface area contributed by atoms with Crippen LogP contribution >= 0.6 is 22.7 Å². The summed E-state index contributed by atoms with van der Waals surface area (Å²) in [7, 11) is -1.56. The fourth-order valence-electron chi connectivity index (χ4n) is 2.22. The van der Waals surface area contributed by atoms with Gasteiger partial charge in [0, 0.05) is 20.1 Å². The van der Waals surface area contributed by atoms with Crippen molar-refractivity contribution in [1.29, 1.82) is 0 Å². The molecule has 0 radical (unpaired) electrons. The molecule has 6 nitrogen and oxygen atoms in total. The van der Waals surface area contributed by atoms with E-state index < -0.39 is 15.9 Å². The number of hydrogen-bond donors (Lipinski definition) is 2. The van der Waals surface area contributed by atoms with Crippen molar-refractivity contribution in [2.24, 2.45) is 4.99 Å². The number of thiophene rings is 2. The minimum absolute atomic E-state index is 0.0287. The average Bonchev–Trinajstić information content (AvgIpc) is 3.24. The summed E-state index contributed by atoms with van der Waals surface area (Å²) in [6.45, 7) is 3.38. The lowest BCUT2D eigenvalue weighted by atomic mass is 10.3. The Labute approximate surface area is 156 Å². The largest absolute Gasteiger partial charge is 0.390 e. The third kappa shape index (κ3) is 6.10. The fraction of sp³-hybridized carbons (Fsp3) is 0.438. The van der Waals surface area contributed by atoms with Gasteiger partial charge in [0.15, 0.2) is 15.8 Å². The Morgan fingerprint density at radius 3 is 2.80 bits per heavy atom. The number of nitrogens with zero attached hydrogens (tertiary/aromatic N) is 2. The van der Waals surface area contributed by atoms with E-state index in [4.69, 9.17) is 0 Å². The van der Waals surface area contributed by atoms with Gasteiger partial charge in [-0.1, -0.05) is 6.07 Å². The average molecular weight is 402 g/mol. The zero-order valence-corrected chi connectivity index (χ0v) is 16.7. The van der Waals surface area contributed by atoms with E-state index in [0.29, 0.717) is 19.0 Å². The summed E-state index contributed by atoms with van der Waals surface area (Å²) in [4.78, 5) is 6.33. The molecule has 0 aliphatic heterocycles. The van der Waals surface area contributed by atoms with Gasteiger partial charge in [-0.15, -0.1) is 11.3 Å². The second-order valence-corrected chi connectivity index (χ2v) is 9.54. The van der Waals surface area contributed by atoms with Crippen LogP contribution in [0.15, 0.2) is 43.5 Å². The third-order valence-corrected chi connectivity index (χ3v) is 7.38. The molecular weight excluding hydrogens is 378 g/mol. The van der Waals surface area contributed by atoms with Crippen LogP contribution in [0, 0.1) is 0 Å². The summed E-state index contributed by atoms with van der Waals surface area (Å²) in [5, 5.41) is 19.1. The Morgan fingerprint density at radius 1 is 1.40 bits per heavy atom. The van der Waals surface area contributed by atoms with Gasteiger partial charge >= 0.3 is 0 Å². The molecule has 25 heavy (non-hydrogen) atoms. The molecule has 2 N–H and O–H groups in total. The van der Waals surface area contributed by atoms with E-state index in [1.54, 1.807) is 28.8 Å². The van der Waals surface area contributed by atoms with Gasteiger partial charge in [-0.2, -0.15) is 11.3 Å². The molecule has 2 aromatic heterocycles. The van der Waals surface area contributed by atoms with E-state index in [0.717, 1.165) is 11.3 Å².